The smallest absolute Gasteiger partial charge is 0.234 e. The number of thioether (sulfide) groups is 1. The van der Waals surface area contributed by atoms with Crippen molar-refractivity contribution in [1.82, 2.24) is 14.5 Å². The van der Waals surface area contributed by atoms with Crippen LogP contribution in [0, 0.1) is 0 Å². The normalized spacial score (nSPS) is 10.7. The quantitative estimate of drug-likeness (QED) is 0.652. The predicted octanol–water partition coefficient (Wildman–Crippen LogP) is 3.05. The zero-order valence-corrected chi connectivity index (χ0v) is 15.3. The molecule has 0 bridgehead atoms. The number of hydrogen-bond acceptors (Lipinski definition) is 5. The Balaban J connectivity index is 1.56. The van der Waals surface area contributed by atoms with Crippen molar-refractivity contribution >= 4 is 46.1 Å². The Hall–Kier alpha value is -2.87. The monoisotopic (exact) mass is 369 g/mol. The van der Waals surface area contributed by atoms with Crippen LogP contribution in [0.4, 0.5) is 11.4 Å². The molecule has 1 aromatic carbocycles. The number of amides is 2. The number of hydrogen-bond donors (Lipinski definition) is 2. The number of pyridine rings is 1. The molecule has 2 N–H and O–H groups in total. The van der Waals surface area contributed by atoms with Crippen LogP contribution in [0.1, 0.15) is 13.3 Å². The lowest BCUT2D eigenvalue weighted by Gasteiger charge is -2.07. The molecule has 0 aliphatic carbocycles. The van der Waals surface area contributed by atoms with Crippen molar-refractivity contribution in [2.45, 2.75) is 18.5 Å². The molecule has 0 spiro atoms. The molecule has 0 saturated heterocycles. The fourth-order valence-electron chi connectivity index (χ4n) is 2.35. The number of benzene rings is 1. The molecule has 0 radical (unpaired) electrons. The van der Waals surface area contributed by atoms with Crippen molar-refractivity contribution in [2.75, 3.05) is 16.4 Å². The van der Waals surface area contributed by atoms with E-state index in [4.69, 9.17) is 0 Å². The summed E-state index contributed by atoms with van der Waals surface area (Å²) in [7, 11) is 1.88. The molecule has 0 aliphatic heterocycles. The van der Waals surface area contributed by atoms with Gasteiger partial charge in [-0.1, -0.05) is 18.7 Å². The third kappa shape index (κ3) is 4.20. The van der Waals surface area contributed by atoms with E-state index in [2.05, 4.69) is 20.6 Å². The molecule has 8 heteroatoms. The average molecular weight is 369 g/mol. The molecule has 2 aromatic heterocycles. The minimum atomic E-state index is -0.125. The molecule has 0 atom stereocenters. The van der Waals surface area contributed by atoms with Crippen molar-refractivity contribution < 1.29 is 9.59 Å². The summed E-state index contributed by atoms with van der Waals surface area (Å²) in [6.07, 6.45) is 2.14. The Bertz CT molecular complexity index is 936. The largest absolute Gasteiger partial charge is 0.326 e. The molecule has 3 aromatic rings. The van der Waals surface area contributed by atoms with Crippen molar-refractivity contribution in [1.29, 1.82) is 0 Å². The number of aromatic nitrogens is 3. The second kappa shape index (κ2) is 8.01. The van der Waals surface area contributed by atoms with E-state index in [0.717, 1.165) is 16.3 Å². The van der Waals surface area contributed by atoms with Gasteiger partial charge in [-0.05, 0) is 36.4 Å². The SMILES string of the molecule is CCC(=O)Nc1ccc(NC(=O)CSc2nc3cccnc3n2C)cc1. The highest BCUT2D eigenvalue weighted by molar-refractivity contribution is 7.99. The van der Waals surface area contributed by atoms with Crippen LogP contribution in [-0.2, 0) is 16.6 Å². The summed E-state index contributed by atoms with van der Waals surface area (Å²) in [5, 5.41) is 6.34. The van der Waals surface area contributed by atoms with E-state index in [9.17, 15) is 9.59 Å². The summed E-state index contributed by atoms with van der Waals surface area (Å²) in [5.41, 5.74) is 2.98. The van der Waals surface area contributed by atoms with Crippen molar-refractivity contribution in [3.63, 3.8) is 0 Å². The highest BCUT2D eigenvalue weighted by Gasteiger charge is 2.11. The fourth-order valence-corrected chi connectivity index (χ4v) is 3.12. The van der Waals surface area contributed by atoms with E-state index < -0.39 is 0 Å². The number of nitrogens with one attached hydrogen (secondary N) is 2. The number of imidazole rings is 1. The molecule has 0 aliphatic rings. The van der Waals surface area contributed by atoms with E-state index in [-0.39, 0.29) is 17.6 Å². The number of carbonyl (C=O) groups is 2. The van der Waals surface area contributed by atoms with Crippen LogP contribution < -0.4 is 10.6 Å². The Labute approximate surface area is 155 Å². The van der Waals surface area contributed by atoms with E-state index in [0.29, 0.717) is 17.8 Å². The van der Waals surface area contributed by atoms with E-state index in [1.807, 2.05) is 23.7 Å². The first-order valence-corrected chi connectivity index (χ1v) is 9.15. The number of nitrogens with zero attached hydrogens (tertiary/aromatic N) is 3. The van der Waals surface area contributed by atoms with Crippen LogP contribution >= 0.6 is 11.8 Å². The van der Waals surface area contributed by atoms with Gasteiger partial charge in [0, 0.05) is 31.0 Å². The van der Waals surface area contributed by atoms with Crippen LogP contribution in [-0.4, -0.2) is 32.1 Å². The van der Waals surface area contributed by atoms with Gasteiger partial charge in [0.25, 0.3) is 0 Å². The third-order valence-corrected chi connectivity index (χ3v) is 4.72. The highest BCUT2D eigenvalue weighted by atomic mass is 32.2. The Morgan fingerprint density at radius 1 is 1.08 bits per heavy atom. The molecule has 134 valence electrons. The van der Waals surface area contributed by atoms with E-state index in [1.165, 1.54) is 11.8 Å². The first kappa shape index (κ1) is 17.9. The topological polar surface area (TPSA) is 88.9 Å². The van der Waals surface area contributed by atoms with Crippen LogP contribution in [0.5, 0.6) is 0 Å². The zero-order valence-electron chi connectivity index (χ0n) is 14.5. The van der Waals surface area contributed by atoms with Gasteiger partial charge >= 0.3 is 0 Å². The number of aryl methyl sites for hydroxylation is 1. The molecule has 3 rings (SSSR count). The molecular formula is C18H19N5O2S. The van der Waals surface area contributed by atoms with Gasteiger partial charge in [0.2, 0.25) is 11.8 Å². The Morgan fingerprint density at radius 2 is 1.73 bits per heavy atom. The number of rotatable bonds is 6. The van der Waals surface area contributed by atoms with Gasteiger partial charge in [0.05, 0.1) is 5.75 Å². The first-order valence-electron chi connectivity index (χ1n) is 8.17. The zero-order chi connectivity index (χ0) is 18.5. The van der Waals surface area contributed by atoms with E-state index in [1.54, 1.807) is 37.4 Å². The molecule has 2 amide bonds. The summed E-state index contributed by atoms with van der Waals surface area (Å²) >= 11 is 1.36. The summed E-state index contributed by atoms with van der Waals surface area (Å²) < 4.78 is 1.87. The molecule has 7 nitrogen and oxygen atoms in total. The number of fused-ring (bicyclic) bond motifs is 1. The number of anilines is 2. The maximum absolute atomic E-state index is 12.2. The average Bonchev–Trinajstić information content (AvgIpc) is 2.98. The predicted molar refractivity (Wildman–Crippen MR) is 103 cm³/mol. The van der Waals surface area contributed by atoms with Crippen LogP contribution in [0.25, 0.3) is 11.2 Å². The van der Waals surface area contributed by atoms with Crippen molar-refractivity contribution in [3.8, 4) is 0 Å². The number of carbonyl (C=O) groups excluding carboxylic acids is 2. The van der Waals surface area contributed by atoms with Gasteiger partial charge in [0.15, 0.2) is 10.8 Å². The maximum atomic E-state index is 12.2. The fraction of sp³-hybridized carbons (Fsp3) is 0.222. The summed E-state index contributed by atoms with van der Waals surface area (Å²) in [5.74, 6) is 0.0707. The molecule has 2 heterocycles. The van der Waals surface area contributed by atoms with E-state index >= 15 is 0 Å². The molecule has 0 saturated carbocycles. The Morgan fingerprint density at radius 3 is 2.35 bits per heavy atom. The van der Waals surface area contributed by atoms with Crippen molar-refractivity contribution in [2.24, 2.45) is 7.05 Å². The van der Waals surface area contributed by atoms with Crippen LogP contribution in [0.2, 0.25) is 0 Å². The molecule has 0 unspecified atom stereocenters. The second-order valence-electron chi connectivity index (χ2n) is 5.62. The first-order chi connectivity index (χ1) is 12.6. The van der Waals surface area contributed by atoms with Gasteiger partial charge in [-0.25, -0.2) is 9.97 Å². The highest BCUT2D eigenvalue weighted by Crippen LogP contribution is 2.21. The van der Waals surface area contributed by atoms with Crippen LogP contribution in [0.3, 0.4) is 0 Å². The van der Waals surface area contributed by atoms with Crippen molar-refractivity contribution in [3.05, 3.63) is 42.6 Å². The van der Waals surface area contributed by atoms with Crippen LogP contribution in [0.15, 0.2) is 47.8 Å². The minimum absolute atomic E-state index is 0.0462. The summed E-state index contributed by atoms with van der Waals surface area (Å²) in [6, 6.07) is 10.8. The summed E-state index contributed by atoms with van der Waals surface area (Å²) in [6.45, 7) is 1.79. The standard InChI is InChI=1S/C18H19N5O2S/c1-3-15(24)20-12-6-8-13(9-7-12)21-16(25)11-26-18-22-14-5-4-10-19-17(14)23(18)2/h4-10H,3,11H2,1-2H3,(H,20,24)(H,21,25). The lowest BCUT2D eigenvalue weighted by molar-refractivity contribution is -0.116. The van der Waals surface area contributed by atoms with Gasteiger partial charge in [-0.3, -0.25) is 9.59 Å². The van der Waals surface area contributed by atoms with Gasteiger partial charge in [-0.15, -0.1) is 0 Å². The van der Waals surface area contributed by atoms with Gasteiger partial charge in [-0.2, -0.15) is 0 Å². The lowest BCUT2D eigenvalue weighted by Crippen LogP contribution is -2.14. The van der Waals surface area contributed by atoms with Gasteiger partial charge in [0.1, 0.15) is 5.52 Å². The second-order valence-corrected chi connectivity index (χ2v) is 6.56. The third-order valence-electron chi connectivity index (χ3n) is 3.69. The summed E-state index contributed by atoms with van der Waals surface area (Å²) in [4.78, 5) is 32.3. The Kier molecular flexibility index (Phi) is 5.52. The molecule has 0 fully saturated rings. The van der Waals surface area contributed by atoms with Gasteiger partial charge < -0.3 is 15.2 Å². The molecular weight excluding hydrogens is 350 g/mol. The maximum Gasteiger partial charge on any atom is 0.234 e. The molecule has 26 heavy (non-hydrogen) atoms. The lowest BCUT2D eigenvalue weighted by atomic mass is 10.2. The minimum Gasteiger partial charge on any atom is -0.326 e.